The Balaban J connectivity index is 1.94. The molecule has 0 aliphatic carbocycles. The van der Waals surface area contributed by atoms with Gasteiger partial charge in [-0.05, 0) is 41.5 Å². The van der Waals surface area contributed by atoms with Crippen LogP contribution in [0.5, 0.6) is 5.75 Å². The lowest BCUT2D eigenvalue weighted by Crippen LogP contribution is -2.31. The maximum Gasteiger partial charge on any atom is 0.258 e. The smallest absolute Gasteiger partial charge is 0.258 e. The Bertz CT molecular complexity index is 699. The molecule has 2 aromatic carbocycles. The average molecular weight is 339 g/mol. The van der Waals surface area contributed by atoms with E-state index in [1.165, 1.54) is 5.56 Å². The van der Waals surface area contributed by atoms with Crippen molar-refractivity contribution in [1.82, 2.24) is 5.32 Å². The van der Waals surface area contributed by atoms with E-state index >= 15 is 0 Å². The summed E-state index contributed by atoms with van der Waals surface area (Å²) < 4.78 is 5.79. The van der Waals surface area contributed by atoms with E-state index in [9.17, 15) is 4.79 Å². The van der Waals surface area contributed by atoms with Gasteiger partial charge in [0.2, 0.25) is 0 Å². The Labute approximate surface area is 151 Å². The van der Waals surface area contributed by atoms with Crippen molar-refractivity contribution in [2.24, 2.45) is 0 Å². The zero-order valence-electron chi connectivity index (χ0n) is 15.9. The van der Waals surface area contributed by atoms with Gasteiger partial charge in [0.05, 0.1) is 6.04 Å². The molecule has 0 saturated carbocycles. The van der Waals surface area contributed by atoms with Gasteiger partial charge in [0.25, 0.3) is 5.91 Å². The maximum atomic E-state index is 12.2. The summed E-state index contributed by atoms with van der Waals surface area (Å²) in [6, 6.07) is 16.2. The molecular weight excluding hydrogens is 310 g/mol. The summed E-state index contributed by atoms with van der Waals surface area (Å²) in [6.07, 6.45) is 1.02. The van der Waals surface area contributed by atoms with Gasteiger partial charge < -0.3 is 10.1 Å². The minimum Gasteiger partial charge on any atom is -0.483 e. The van der Waals surface area contributed by atoms with Crippen LogP contribution >= 0.6 is 0 Å². The highest BCUT2D eigenvalue weighted by atomic mass is 16.5. The van der Waals surface area contributed by atoms with Crippen LogP contribution in [-0.4, -0.2) is 12.5 Å². The van der Waals surface area contributed by atoms with Crippen molar-refractivity contribution < 1.29 is 9.53 Å². The summed E-state index contributed by atoms with van der Waals surface area (Å²) in [5.41, 5.74) is 3.47. The first-order chi connectivity index (χ1) is 11.8. The van der Waals surface area contributed by atoms with Gasteiger partial charge in [0.1, 0.15) is 5.75 Å². The molecule has 3 heteroatoms. The third-order valence-corrected chi connectivity index (χ3v) is 4.32. The van der Waals surface area contributed by atoms with Crippen LogP contribution in [0.25, 0.3) is 0 Å². The fourth-order valence-electron chi connectivity index (χ4n) is 2.76. The van der Waals surface area contributed by atoms with Crippen LogP contribution < -0.4 is 10.1 Å². The van der Waals surface area contributed by atoms with E-state index in [0.29, 0.717) is 0 Å². The van der Waals surface area contributed by atoms with Gasteiger partial charge in [-0.3, -0.25) is 4.79 Å². The summed E-state index contributed by atoms with van der Waals surface area (Å²) in [4.78, 5) is 12.2. The number of hydrogen-bond acceptors (Lipinski definition) is 2. The van der Waals surface area contributed by atoms with Crippen molar-refractivity contribution in [2.75, 3.05) is 6.61 Å². The largest absolute Gasteiger partial charge is 0.483 e. The molecule has 0 fully saturated rings. The summed E-state index contributed by atoms with van der Waals surface area (Å²) >= 11 is 0. The van der Waals surface area contributed by atoms with Crippen LogP contribution in [0.2, 0.25) is 0 Å². The number of carbonyl (C=O) groups excluding carboxylic acids is 1. The van der Waals surface area contributed by atoms with Gasteiger partial charge in [-0.2, -0.15) is 0 Å². The van der Waals surface area contributed by atoms with Crippen LogP contribution in [0.15, 0.2) is 48.5 Å². The monoisotopic (exact) mass is 339 g/mol. The van der Waals surface area contributed by atoms with E-state index in [1.807, 2.05) is 31.2 Å². The highest BCUT2D eigenvalue weighted by Crippen LogP contribution is 2.30. The number of benzene rings is 2. The lowest BCUT2D eigenvalue weighted by atomic mass is 9.86. The predicted molar refractivity (Wildman–Crippen MR) is 103 cm³/mol. The van der Waals surface area contributed by atoms with Crippen molar-refractivity contribution in [3.63, 3.8) is 0 Å². The van der Waals surface area contributed by atoms with E-state index in [2.05, 4.69) is 57.3 Å². The van der Waals surface area contributed by atoms with Crippen LogP contribution in [0.3, 0.4) is 0 Å². The average Bonchev–Trinajstić information content (AvgIpc) is 2.59. The fraction of sp³-hybridized carbons (Fsp3) is 0.409. The molecule has 1 N–H and O–H groups in total. The zero-order chi connectivity index (χ0) is 18.4. The highest BCUT2D eigenvalue weighted by molar-refractivity contribution is 5.78. The number of amides is 1. The highest BCUT2D eigenvalue weighted by Gasteiger charge is 2.19. The third kappa shape index (κ3) is 5.35. The molecule has 2 aromatic rings. The molecule has 0 saturated heterocycles. The van der Waals surface area contributed by atoms with E-state index in [1.54, 1.807) is 0 Å². The fourth-order valence-corrected chi connectivity index (χ4v) is 2.76. The van der Waals surface area contributed by atoms with Gasteiger partial charge >= 0.3 is 0 Å². The standard InChI is InChI=1S/C22H29NO2/c1-6-17-11-13-18(14-12-17)16(2)23-21(24)15-25-20-10-8-7-9-19(20)22(3,4)5/h7-14,16H,6,15H2,1-5H3,(H,23,24). The van der Waals surface area contributed by atoms with E-state index < -0.39 is 0 Å². The molecule has 0 aromatic heterocycles. The van der Waals surface area contributed by atoms with Crippen molar-refractivity contribution >= 4 is 5.91 Å². The van der Waals surface area contributed by atoms with Crippen LogP contribution in [0.1, 0.15) is 57.4 Å². The first kappa shape index (κ1) is 19.0. The van der Waals surface area contributed by atoms with Gasteiger partial charge in [-0.25, -0.2) is 0 Å². The summed E-state index contributed by atoms with van der Waals surface area (Å²) in [7, 11) is 0. The number of ether oxygens (including phenoxy) is 1. The molecule has 3 nitrogen and oxygen atoms in total. The first-order valence-electron chi connectivity index (χ1n) is 8.91. The van der Waals surface area contributed by atoms with Crippen molar-refractivity contribution in [3.05, 3.63) is 65.2 Å². The molecule has 0 bridgehead atoms. The molecule has 1 amide bonds. The second kappa shape index (κ2) is 8.19. The van der Waals surface area contributed by atoms with Crippen LogP contribution in [-0.2, 0) is 16.6 Å². The van der Waals surface area contributed by atoms with Gasteiger partial charge in [0.15, 0.2) is 6.61 Å². The molecule has 2 rings (SSSR count). The Morgan fingerprint density at radius 2 is 1.72 bits per heavy atom. The van der Waals surface area contributed by atoms with Crippen molar-refractivity contribution in [2.45, 2.75) is 52.5 Å². The molecule has 134 valence electrons. The number of hydrogen-bond donors (Lipinski definition) is 1. The van der Waals surface area contributed by atoms with Gasteiger partial charge in [-0.1, -0.05) is 70.2 Å². The topological polar surface area (TPSA) is 38.3 Å². The number of carbonyl (C=O) groups is 1. The maximum absolute atomic E-state index is 12.2. The normalized spacial score (nSPS) is 12.5. The summed E-state index contributed by atoms with van der Waals surface area (Å²) in [6.45, 7) is 10.5. The van der Waals surface area contributed by atoms with E-state index in [4.69, 9.17) is 4.74 Å². The molecular formula is C22H29NO2. The molecule has 0 aliphatic heterocycles. The molecule has 0 radical (unpaired) electrons. The lowest BCUT2D eigenvalue weighted by molar-refractivity contribution is -0.123. The minimum atomic E-state index is -0.115. The van der Waals surface area contributed by atoms with Crippen molar-refractivity contribution in [3.8, 4) is 5.75 Å². The summed E-state index contributed by atoms with van der Waals surface area (Å²) in [5.74, 6) is 0.654. The molecule has 0 heterocycles. The second-order valence-electron chi connectivity index (χ2n) is 7.42. The minimum absolute atomic E-state index is 0.0183. The number of rotatable bonds is 6. The molecule has 1 atom stereocenters. The Morgan fingerprint density at radius 1 is 1.08 bits per heavy atom. The zero-order valence-corrected chi connectivity index (χ0v) is 15.9. The second-order valence-corrected chi connectivity index (χ2v) is 7.42. The van der Waals surface area contributed by atoms with Crippen molar-refractivity contribution in [1.29, 1.82) is 0 Å². The van der Waals surface area contributed by atoms with Gasteiger partial charge in [0, 0.05) is 0 Å². The van der Waals surface area contributed by atoms with Crippen LogP contribution in [0.4, 0.5) is 0 Å². The number of nitrogens with one attached hydrogen (secondary N) is 1. The Kier molecular flexibility index (Phi) is 6.24. The number of para-hydroxylation sites is 1. The quantitative estimate of drug-likeness (QED) is 0.821. The first-order valence-corrected chi connectivity index (χ1v) is 8.91. The Morgan fingerprint density at radius 3 is 2.32 bits per heavy atom. The van der Waals surface area contributed by atoms with E-state index in [0.717, 1.165) is 23.3 Å². The third-order valence-electron chi connectivity index (χ3n) is 4.32. The predicted octanol–water partition coefficient (Wildman–Crippen LogP) is 4.80. The summed E-state index contributed by atoms with van der Waals surface area (Å²) in [5, 5.41) is 3.00. The van der Waals surface area contributed by atoms with Crippen LogP contribution in [0, 0.1) is 0 Å². The Hall–Kier alpha value is -2.29. The lowest BCUT2D eigenvalue weighted by Gasteiger charge is -2.23. The molecule has 1 unspecified atom stereocenters. The SMILES string of the molecule is CCc1ccc(C(C)NC(=O)COc2ccccc2C(C)(C)C)cc1. The van der Waals surface area contributed by atoms with Gasteiger partial charge in [-0.15, -0.1) is 0 Å². The molecule has 0 spiro atoms. The van der Waals surface area contributed by atoms with E-state index in [-0.39, 0.29) is 24.0 Å². The molecule has 25 heavy (non-hydrogen) atoms. The number of aryl methyl sites for hydroxylation is 1. The molecule has 0 aliphatic rings.